The summed E-state index contributed by atoms with van der Waals surface area (Å²) in [6.07, 6.45) is 0. The third-order valence-electron chi connectivity index (χ3n) is 4.80. The van der Waals surface area contributed by atoms with E-state index >= 15 is 0 Å². The second-order valence-electron chi connectivity index (χ2n) is 7.18. The summed E-state index contributed by atoms with van der Waals surface area (Å²) >= 11 is 0. The number of nitrogens with zero attached hydrogens (tertiary/aromatic N) is 1. The number of anilines is 1. The second kappa shape index (κ2) is 6.18. The first-order valence-electron chi connectivity index (χ1n) is 8.77. The monoisotopic (exact) mass is 357 g/mol. The van der Waals surface area contributed by atoms with Crippen LogP contribution >= 0.6 is 0 Å². The molecule has 4 nitrogen and oxygen atoms in total. The Hall–Kier alpha value is -3.24. The maximum atomic E-state index is 13.0. The fraction of sp³-hybridized carbons (Fsp3) is 0.130. The molecule has 4 rings (SSSR count). The van der Waals surface area contributed by atoms with Gasteiger partial charge in [-0.1, -0.05) is 48.5 Å². The van der Waals surface area contributed by atoms with E-state index in [1.165, 1.54) is 4.90 Å². The molecule has 0 unspecified atom stereocenters. The summed E-state index contributed by atoms with van der Waals surface area (Å²) in [4.78, 5) is 27.0. The molecule has 1 aliphatic rings. The molecule has 1 aliphatic heterocycles. The van der Waals surface area contributed by atoms with Gasteiger partial charge in [-0.25, -0.2) is 4.90 Å². The van der Waals surface area contributed by atoms with E-state index in [0.717, 1.165) is 11.1 Å². The zero-order valence-corrected chi connectivity index (χ0v) is 15.1. The van der Waals surface area contributed by atoms with E-state index in [-0.39, 0.29) is 11.8 Å². The lowest BCUT2D eigenvalue weighted by molar-refractivity contribution is 0.0783. The Balaban J connectivity index is 1.76. The molecule has 0 bridgehead atoms. The van der Waals surface area contributed by atoms with Crippen molar-refractivity contribution in [3.8, 4) is 11.1 Å². The van der Waals surface area contributed by atoms with Crippen molar-refractivity contribution in [3.63, 3.8) is 0 Å². The lowest BCUT2D eigenvalue weighted by atomic mass is 9.98. The van der Waals surface area contributed by atoms with Gasteiger partial charge < -0.3 is 5.11 Å². The summed E-state index contributed by atoms with van der Waals surface area (Å²) in [6, 6.07) is 22.0. The topological polar surface area (TPSA) is 57.6 Å². The van der Waals surface area contributed by atoms with Gasteiger partial charge in [0.2, 0.25) is 0 Å². The van der Waals surface area contributed by atoms with Crippen molar-refractivity contribution in [2.24, 2.45) is 0 Å². The number of carbonyl (C=O) groups excluding carboxylic acids is 2. The summed E-state index contributed by atoms with van der Waals surface area (Å²) in [5.41, 5.74) is 2.72. The van der Waals surface area contributed by atoms with Crippen LogP contribution in [0.5, 0.6) is 0 Å². The lowest BCUT2D eigenvalue weighted by Crippen LogP contribution is -2.29. The van der Waals surface area contributed by atoms with Gasteiger partial charge >= 0.3 is 0 Å². The molecule has 27 heavy (non-hydrogen) atoms. The van der Waals surface area contributed by atoms with Crippen LogP contribution in [0, 0.1) is 0 Å². The molecule has 0 spiro atoms. The minimum Gasteiger partial charge on any atom is -0.386 e. The third-order valence-corrected chi connectivity index (χ3v) is 4.80. The van der Waals surface area contributed by atoms with Crippen LogP contribution in [0.25, 0.3) is 11.1 Å². The van der Waals surface area contributed by atoms with Gasteiger partial charge in [0, 0.05) is 0 Å². The second-order valence-corrected chi connectivity index (χ2v) is 7.18. The van der Waals surface area contributed by atoms with Crippen LogP contribution in [0.15, 0.2) is 72.8 Å². The number of benzene rings is 3. The molecule has 0 atom stereocenters. The first kappa shape index (κ1) is 17.2. The Kier molecular flexibility index (Phi) is 3.93. The zero-order chi connectivity index (χ0) is 19.2. The normalized spacial score (nSPS) is 13.8. The van der Waals surface area contributed by atoms with E-state index in [0.29, 0.717) is 22.4 Å². The average molecular weight is 357 g/mol. The molecule has 1 heterocycles. The SMILES string of the molecule is CC(C)(O)c1cccc(N2C(=O)c3ccc(-c4ccccc4)cc3C2=O)c1. The van der Waals surface area contributed by atoms with Gasteiger partial charge in [-0.05, 0) is 54.8 Å². The highest BCUT2D eigenvalue weighted by atomic mass is 16.3. The number of aliphatic hydroxyl groups is 1. The maximum absolute atomic E-state index is 13.0. The smallest absolute Gasteiger partial charge is 0.266 e. The van der Waals surface area contributed by atoms with E-state index in [4.69, 9.17) is 0 Å². The molecule has 4 heteroatoms. The molecule has 2 amide bonds. The molecule has 3 aromatic rings. The first-order valence-corrected chi connectivity index (χ1v) is 8.77. The molecular formula is C23H19NO3. The van der Waals surface area contributed by atoms with Gasteiger partial charge in [-0.15, -0.1) is 0 Å². The van der Waals surface area contributed by atoms with Gasteiger partial charge in [0.1, 0.15) is 0 Å². The van der Waals surface area contributed by atoms with Gasteiger partial charge in [0.05, 0.1) is 22.4 Å². The van der Waals surface area contributed by atoms with Gasteiger partial charge in [0.25, 0.3) is 11.8 Å². The predicted octanol–water partition coefficient (Wildman–Crippen LogP) is 4.38. The minimum atomic E-state index is -1.06. The van der Waals surface area contributed by atoms with E-state index in [9.17, 15) is 14.7 Å². The molecule has 3 aromatic carbocycles. The van der Waals surface area contributed by atoms with Crippen LogP contribution in [0.1, 0.15) is 40.1 Å². The lowest BCUT2D eigenvalue weighted by Gasteiger charge is -2.21. The van der Waals surface area contributed by atoms with E-state index < -0.39 is 5.60 Å². The summed E-state index contributed by atoms with van der Waals surface area (Å²) in [5, 5.41) is 10.2. The molecule has 0 aliphatic carbocycles. The van der Waals surface area contributed by atoms with Crippen molar-refractivity contribution >= 4 is 17.5 Å². The van der Waals surface area contributed by atoms with Gasteiger partial charge in [-0.2, -0.15) is 0 Å². The summed E-state index contributed by atoms with van der Waals surface area (Å²) < 4.78 is 0. The molecule has 0 saturated heterocycles. The molecule has 134 valence electrons. The Morgan fingerprint density at radius 3 is 2.15 bits per heavy atom. The highest BCUT2D eigenvalue weighted by molar-refractivity contribution is 6.34. The molecule has 0 radical (unpaired) electrons. The molecule has 0 fully saturated rings. The van der Waals surface area contributed by atoms with Crippen LogP contribution < -0.4 is 4.90 Å². The predicted molar refractivity (Wildman–Crippen MR) is 105 cm³/mol. The fourth-order valence-electron chi connectivity index (χ4n) is 3.31. The van der Waals surface area contributed by atoms with Crippen molar-refractivity contribution in [2.45, 2.75) is 19.4 Å². The number of carbonyl (C=O) groups is 2. The third kappa shape index (κ3) is 2.94. The van der Waals surface area contributed by atoms with Crippen molar-refractivity contribution < 1.29 is 14.7 Å². The van der Waals surface area contributed by atoms with Crippen LogP contribution in [0.3, 0.4) is 0 Å². The number of hydrogen-bond acceptors (Lipinski definition) is 3. The van der Waals surface area contributed by atoms with Crippen molar-refractivity contribution in [1.82, 2.24) is 0 Å². The van der Waals surface area contributed by atoms with Crippen molar-refractivity contribution in [2.75, 3.05) is 4.90 Å². The Morgan fingerprint density at radius 2 is 1.44 bits per heavy atom. The molecule has 0 aromatic heterocycles. The van der Waals surface area contributed by atoms with E-state index in [1.54, 1.807) is 50.2 Å². The number of rotatable bonds is 3. The highest BCUT2D eigenvalue weighted by Crippen LogP contribution is 2.33. The van der Waals surface area contributed by atoms with Crippen LogP contribution in [0.4, 0.5) is 5.69 Å². The fourth-order valence-corrected chi connectivity index (χ4v) is 3.31. The summed E-state index contributed by atoms with van der Waals surface area (Å²) in [7, 11) is 0. The van der Waals surface area contributed by atoms with Crippen LogP contribution in [0.2, 0.25) is 0 Å². The molecule has 0 saturated carbocycles. The summed E-state index contributed by atoms with van der Waals surface area (Å²) in [5.74, 6) is -0.691. The van der Waals surface area contributed by atoms with Crippen molar-refractivity contribution in [1.29, 1.82) is 0 Å². The Bertz CT molecular complexity index is 1050. The molecule has 1 N–H and O–H groups in total. The van der Waals surface area contributed by atoms with Crippen LogP contribution in [-0.4, -0.2) is 16.9 Å². The number of imide groups is 1. The number of amides is 2. The number of hydrogen-bond donors (Lipinski definition) is 1. The highest BCUT2D eigenvalue weighted by Gasteiger charge is 2.37. The van der Waals surface area contributed by atoms with Crippen LogP contribution in [-0.2, 0) is 5.60 Å². The number of fused-ring (bicyclic) bond motifs is 1. The standard InChI is InChI=1S/C23H19NO3/c1-23(2,27)17-9-6-10-18(14-17)24-21(25)19-12-11-16(13-20(19)22(24)26)15-7-4-3-5-8-15/h3-14,27H,1-2H3. The quantitative estimate of drug-likeness (QED) is 0.708. The average Bonchev–Trinajstić information content (AvgIpc) is 2.92. The molecular weight excluding hydrogens is 338 g/mol. The zero-order valence-electron chi connectivity index (χ0n) is 15.1. The van der Waals surface area contributed by atoms with Crippen molar-refractivity contribution in [3.05, 3.63) is 89.5 Å². The Morgan fingerprint density at radius 1 is 0.741 bits per heavy atom. The van der Waals surface area contributed by atoms with Gasteiger partial charge in [0.15, 0.2) is 0 Å². The Labute approximate surface area is 157 Å². The largest absolute Gasteiger partial charge is 0.386 e. The minimum absolute atomic E-state index is 0.345. The maximum Gasteiger partial charge on any atom is 0.266 e. The summed E-state index contributed by atoms with van der Waals surface area (Å²) in [6.45, 7) is 3.33. The van der Waals surface area contributed by atoms with E-state index in [2.05, 4.69) is 0 Å². The first-order chi connectivity index (χ1) is 12.9. The van der Waals surface area contributed by atoms with E-state index in [1.807, 2.05) is 36.4 Å². The van der Waals surface area contributed by atoms with Gasteiger partial charge in [-0.3, -0.25) is 9.59 Å².